The zero-order valence-corrected chi connectivity index (χ0v) is 14.6. The van der Waals surface area contributed by atoms with Crippen LogP contribution in [0.2, 0.25) is 10.0 Å². The highest BCUT2D eigenvalue weighted by Gasteiger charge is 2.28. The second kappa shape index (κ2) is 6.29. The predicted molar refractivity (Wildman–Crippen MR) is 95.4 cm³/mol. The van der Waals surface area contributed by atoms with E-state index in [1.807, 2.05) is 0 Å². The van der Waals surface area contributed by atoms with Crippen molar-refractivity contribution in [2.75, 3.05) is 13.1 Å². The lowest BCUT2D eigenvalue weighted by atomic mass is 9.97. The molecule has 0 bridgehead atoms. The van der Waals surface area contributed by atoms with Gasteiger partial charge in [-0.05, 0) is 11.6 Å². The van der Waals surface area contributed by atoms with Crippen LogP contribution >= 0.6 is 23.2 Å². The van der Waals surface area contributed by atoms with Crippen molar-refractivity contribution in [3.05, 3.63) is 46.2 Å². The molecule has 4 rings (SSSR count). The zero-order chi connectivity index (χ0) is 17.6. The topological polar surface area (TPSA) is 85.3 Å². The number of furan rings is 1. The summed E-state index contributed by atoms with van der Waals surface area (Å²) in [5.74, 6) is 0.725. The summed E-state index contributed by atoms with van der Waals surface area (Å²) in [6.45, 7) is 0.978. The van der Waals surface area contributed by atoms with Gasteiger partial charge in [0.25, 0.3) is 0 Å². The molecule has 1 aliphatic heterocycles. The molecule has 0 spiro atoms. The maximum atomic E-state index is 12.0. The monoisotopic (exact) mass is 376 g/mol. The van der Waals surface area contributed by atoms with Crippen LogP contribution in [-0.4, -0.2) is 33.9 Å². The lowest BCUT2D eigenvalue weighted by Crippen LogP contribution is -2.39. The summed E-state index contributed by atoms with van der Waals surface area (Å²) in [5, 5.41) is 1.60. The van der Waals surface area contributed by atoms with Gasteiger partial charge in [-0.3, -0.25) is 4.79 Å². The zero-order valence-electron chi connectivity index (χ0n) is 13.1. The van der Waals surface area contributed by atoms with E-state index in [0.29, 0.717) is 35.1 Å². The summed E-state index contributed by atoms with van der Waals surface area (Å²) in [4.78, 5) is 21.9. The van der Waals surface area contributed by atoms with Gasteiger partial charge in [0.1, 0.15) is 17.1 Å². The van der Waals surface area contributed by atoms with Crippen LogP contribution in [-0.2, 0) is 17.8 Å². The van der Waals surface area contributed by atoms with Crippen molar-refractivity contribution < 1.29 is 9.21 Å². The Labute approximate surface area is 153 Å². The Bertz CT molecular complexity index is 972. The number of carbonyl (C=O) groups is 1. The molecule has 0 fully saturated rings. The first-order chi connectivity index (χ1) is 12.1. The summed E-state index contributed by atoms with van der Waals surface area (Å²) in [5.41, 5.74) is 8.60. The van der Waals surface area contributed by atoms with Crippen molar-refractivity contribution in [2.24, 2.45) is 5.73 Å². The molecule has 2 N–H and O–H groups in total. The first-order valence-electron chi connectivity index (χ1n) is 7.75. The maximum Gasteiger partial charge on any atom is 0.236 e. The first kappa shape index (κ1) is 16.3. The van der Waals surface area contributed by atoms with Gasteiger partial charge in [0.2, 0.25) is 5.91 Å². The molecule has 1 aromatic carbocycles. The van der Waals surface area contributed by atoms with Gasteiger partial charge in [0, 0.05) is 48.4 Å². The number of fused-ring (bicyclic) bond motifs is 3. The minimum Gasteiger partial charge on any atom is -0.459 e. The number of amides is 1. The molecule has 3 heterocycles. The SMILES string of the molecule is NCC(=O)N1CCc2oc3c(Cl)c(Cl)cc(-c4cncnc4)c3c2C1. The van der Waals surface area contributed by atoms with Crippen LogP contribution in [0.3, 0.4) is 0 Å². The van der Waals surface area contributed by atoms with Crippen LogP contribution < -0.4 is 5.73 Å². The molecule has 1 aliphatic rings. The van der Waals surface area contributed by atoms with E-state index in [2.05, 4.69) is 9.97 Å². The number of rotatable bonds is 2. The Kier molecular flexibility index (Phi) is 4.11. The second-order valence-corrected chi connectivity index (χ2v) is 6.61. The van der Waals surface area contributed by atoms with Gasteiger partial charge >= 0.3 is 0 Å². The minimum absolute atomic E-state index is 0.0168. The molecule has 0 unspecified atom stereocenters. The summed E-state index contributed by atoms with van der Waals surface area (Å²) in [6.07, 6.45) is 5.48. The molecule has 0 saturated heterocycles. The number of nitrogens with zero attached hydrogens (tertiary/aromatic N) is 3. The van der Waals surface area contributed by atoms with Gasteiger partial charge in [-0.25, -0.2) is 9.97 Å². The highest BCUT2D eigenvalue weighted by molar-refractivity contribution is 6.45. The van der Waals surface area contributed by atoms with E-state index in [1.165, 1.54) is 6.33 Å². The fourth-order valence-corrected chi connectivity index (χ4v) is 3.59. The third-order valence-electron chi connectivity index (χ3n) is 4.40. The lowest BCUT2D eigenvalue weighted by molar-refractivity contribution is -0.130. The fourth-order valence-electron chi connectivity index (χ4n) is 3.21. The molecule has 128 valence electrons. The van der Waals surface area contributed by atoms with Crippen LogP contribution in [0, 0.1) is 0 Å². The first-order valence-corrected chi connectivity index (χ1v) is 8.51. The quantitative estimate of drug-likeness (QED) is 0.742. The van der Waals surface area contributed by atoms with Gasteiger partial charge in [0.05, 0.1) is 11.6 Å². The summed E-state index contributed by atoms with van der Waals surface area (Å²) < 4.78 is 6.00. The summed E-state index contributed by atoms with van der Waals surface area (Å²) >= 11 is 12.7. The Morgan fingerprint density at radius 2 is 2.08 bits per heavy atom. The van der Waals surface area contributed by atoms with Gasteiger partial charge < -0.3 is 15.1 Å². The van der Waals surface area contributed by atoms with E-state index in [9.17, 15) is 4.79 Å². The largest absolute Gasteiger partial charge is 0.459 e. The van der Waals surface area contributed by atoms with E-state index in [-0.39, 0.29) is 12.5 Å². The number of hydrogen-bond donors (Lipinski definition) is 1. The Morgan fingerprint density at radius 1 is 1.32 bits per heavy atom. The fraction of sp³-hybridized carbons (Fsp3) is 0.235. The second-order valence-electron chi connectivity index (χ2n) is 5.82. The van der Waals surface area contributed by atoms with Gasteiger partial charge in [-0.2, -0.15) is 0 Å². The van der Waals surface area contributed by atoms with Crippen molar-refractivity contribution in [1.29, 1.82) is 0 Å². The van der Waals surface area contributed by atoms with Crippen molar-refractivity contribution in [2.45, 2.75) is 13.0 Å². The number of carbonyl (C=O) groups excluding carboxylic acids is 1. The standard InChI is InChI=1S/C17H14Cl2N4O2/c18-12-3-10(9-5-21-8-22-6-9)15-11-7-23(14(24)4-20)2-1-13(11)25-17(15)16(12)19/h3,5-6,8H,1-2,4,7,20H2. The van der Waals surface area contributed by atoms with E-state index in [4.69, 9.17) is 33.4 Å². The van der Waals surface area contributed by atoms with Gasteiger partial charge in [-0.15, -0.1) is 0 Å². The molecule has 0 aliphatic carbocycles. The molecule has 8 heteroatoms. The van der Waals surface area contributed by atoms with Crippen LogP contribution in [0.4, 0.5) is 0 Å². The molecule has 6 nitrogen and oxygen atoms in total. The normalized spacial score (nSPS) is 14.0. The number of benzene rings is 1. The number of nitrogens with two attached hydrogens (primary N) is 1. The lowest BCUT2D eigenvalue weighted by Gasteiger charge is -2.26. The molecule has 25 heavy (non-hydrogen) atoms. The van der Waals surface area contributed by atoms with Gasteiger partial charge in [0.15, 0.2) is 5.58 Å². The van der Waals surface area contributed by atoms with E-state index in [1.54, 1.807) is 23.4 Å². The Hall–Kier alpha value is -2.15. The number of aromatic nitrogens is 2. The molecule has 0 saturated carbocycles. The third kappa shape index (κ3) is 2.66. The van der Waals surface area contributed by atoms with E-state index in [0.717, 1.165) is 27.8 Å². The summed E-state index contributed by atoms with van der Waals surface area (Å²) in [7, 11) is 0. The van der Waals surface area contributed by atoms with Crippen LogP contribution in [0.25, 0.3) is 22.1 Å². The van der Waals surface area contributed by atoms with Crippen LogP contribution in [0.1, 0.15) is 11.3 Å². The highest BCUT2D eigenvalue weighted by Crippen LogP contribution is 2.43. The van der Waals surface area contributed by atoms with E-state index >= 15 is 0 Å². The third-order valence-corrected chi connectivity index (χ3v) is 5.17. The van der Waals surface area contributed by atoms with Crippen LogP contribution in [0.15, 0.2) is 29.2 Å². The molecule has 1 amide bonds. The molecule has 3 aromatic rings. The average molecular weight is 377 g/mol. The highest BCUT2D eigenvalue weighted by atomic mass is 35.5. The van der Waals surface area contributed by atoms with Crippen molar-refractivity contribution in [1.82, 2.24) is 14.9 Å². The maximum absolute atomic E-state index is 12.0. The average Bonchev–Trinajstić information content (AvgIpc) is 3.03. The number of halogens is 2. The van der Waals surface area contributed by atoms with Crippen molar-refractivity contribution in [3.63, 3.8) is 0 Å². The molecular weight excluding hydrogens is 363 g/mol. The molecular formula is C17H14Cl2N4O2. The Morgan fingerprint density at radius 3 is 2.80 bits per heavy atom. The minimum atomic E-state index is -0.0929. The number of hydrogen-bond acceptors (Lipinski definition) is 5. The molecule has 0 atom stereocenters. The molecule has 2 aromatic heterocycles. The smallest absolute Gasteiger partial charge is 0.236 e. The molecule has 0 radical (unpaired) electrons. The van der Waals surface area contributed by atoms with Gasteiger partial charge in [-0.1, -0.05) is 23.2 Å². The predicted octanol–water partition coefficient (Wildman–Crippen LogP) is 3.04. The van der Waals surface area contributed by atoms with Crippen molar-refractivity contribution in [3.8, 4) is 11.1 Å². The Balaban J connectivity index is 1.97. The van der Waals surface area contributed by atoms with Crippen molar-refractivity contribution >= 4 is 40.1 Å². The summed E-state index contributed by atoms with van der Waals surface area (Å²) in [6, 6.07) is 1.78. The van der Waals surface area contributed by atoms with Crippen LogP contribution in [0.5, 0.6) is 0 Å². The van der Waals surface area contributed by atoms with E-state index < -0.39 is 0 Å².